The quantitative estimate of drug-likeness (QED) is 0.843. The summed E-state index contributed by atoms with van der Waals surface area (Å²) in [6, 6.07) is -0.377. The van der Waals surface area contributed by atoms with Crippen molar-refractivity contribution >= 4 is 11.9 Å². The standard InChI is InChI=1S/C16H23N5O2/c1-10-13-6-12(2-3-14(13)20-9-19-10)15(22)18-7-11-4-5-21(8-11)16(17)23/h9,11-12H,2-8H2,1H3,(H2,17,23)(H,18,22). The molecule has 1 aliphatic heterocycles. The van der Waals surface area contributed by atoms with E-state index in [9.17, 15) is 9.59 Å². The third-order valence-corrected chi connectivity index (χ3v) is 4.96. The lowest BCUT2D eigenvalue weighted by Crippen LogP contribution is -2.39. The Kier molecular flexibility index (Phi) is 4.45. The summed E-state index contributed by atoms with van der Waals surface area (Å²) in [7, 11) is 0. The average molecular weight is 317 g/mol. The molecule has 2 unspecified atom stereocenters. The first-order valence-electron chi connectivity index (χ1n) is 8.16. The third-order valence-electron chi connectivity index (χ3n) is 4.96. The van der Waals surface area contributed by atoms with Crippen LogP contribution in [0.2, 0.25) is 0 Å². The summed E-state index contributed by atoms with van der Waals surface area (Å²) in [4.78, 5) is 33.7. The van der Waals surface area contributed by atoms with Crippen molar-refractivity contribution in [3.8, 4) is 0 Å². The maximum atomic E-state index is 12.4. The van der Waals surface area contributed by atoms with Crippen molar-refractivity contribution < 1.29 is 9.59 Å². The van der Waals surface area contributed by atoms with E-state index in [1.807, 2.05) is 6.92 Å². The van der Waals surface area contributed by atoms with Crippen LogP contribution in [0.25, 0.3) is 0 Å². The van der Waals surface area contributed by atoms with Crippen LogP contribution in [-0.4, -0.2) is 46.4 Å². The second-order valence-electron chi connectivity index (χ2n) is 6.51. The highest BCUT2D eigenvalue weighted by Crippen LogP contribution is 2.25. The lowest BCUT2D eigenvalue weighted by atomic mass is 9.85. The van der Waals surface area contributed by atoms with E-state index in [-0.39, 0.29) is 17.9 Å². The van der Waals surface area contributed by atoms with Gasteiger partial charge < -0.3 is 16.0 Å². The second kappa shape index (κ2) is 6.52. The Morgan fingerprint density at radius 2 is 2.22 bits per heavy atom. The maximum Gasteiger partial charge on any atom is 0.314 e. The molecule has 3 N–H and O–H groups in total. The molecule has 1 saturated heterocycles. The number of rotatable bonds is 3. The van der Waals surface area contributed by atoms with Crippen molar-refractivity contribution in [3.63, 3.8) is 0 Å². The Morgan fingerprint density at radius 1 is 1.39 bits per heavy atom. The van der Waals surface area contributed by atoms with Crippen LogP contribution in [0.3, 0.4) is 0 Å². The Balaban J connectivity index is 1.52. The van der Waals surface area contributed by atoms with Gasteiger partial charge >= 0.3 is 6.03 Å². The Labute approximate surface area is 135 Å². The number of carbonyl (C=O) groups is 2. The molecule has 7 heteroatoms. The minimum atomic E-state index is -0.377. The number of amides is 3. The zero-order valence-corrected chi connectivity index (χ0v) is 13.4. The zero-order chi connectivity index (χ0) is 16.4. The summed E-state index contributed by atoms with van der Waals surface area (Å²) in [5.74, 6) is 0.379. The van der Waals surface area contributed by atoms with Crippen LogP contribution in [0.15, 0.2) is 6.33 Å². The van der Waals surface area contributed by atoms with Gasteiger partial charge in [-0.15, -0.1) is 0 Å². The van der Waals surface area contributed by atoms with E-state index in [2.05, 4.69) is 15.3 Å². The van der Waals surface area contributed by atoms with Crippen molar-refractivity contribution in [3.05, 3.63) is 23.3 Å². The summed E-state index contributed by atoms with van der Waals surface area (Å²) < 4.78 is 0. The number of nitrogens with two attached hydrogens (primary N) is 1. The fraction of sp³-hybridized carbons (Fsp3) is 0.625. The molecule has 2 aliphatic rings. The van der Waals surface area contributed by atoms with Crippen LogP contribution in [0, 0.1) is 18.8 Å². The maximum absolute atomic E-state index is 12.4. The largest absolute Gasteiger partial charge is 0.356 e. The van der Waals surface area contributed by atoms with Gasteiger partial charge in [0.15, 0.2) is 0 Å². The van der Waals surface area contributed by atoms with E-state index < -0.39 is 0 Å². The Bertz CT molecular complexity index is 618. The summed E-state index contributed by atoms with van der Waals surface area (Å²) in [6.07, 6.45) is 4.86. The highest BCUT2D eigenvalue weighted by molar-refractivity contribution is 5.79. The van der Waals surface area contributed by atoms with Crippen LogP contribution in [0.4, 0.5) is 4.79 Å². The number of hydrogen-bond acceptors (Lipinski definition) is 4. The number of aryl methyl sites for hydroxylation is 2. The second-order valence-corrected chi connectivity index (χ2v) is 6.51. The lowest BCUT2D eigenvalue weighted by Gasteiger charge is -2.24. The fourth-order valence-corrected chi connectivity index (χ4v) is 3.50. The van der Waals surface area contributed by atoms with Crippen molar-refractivity contribution in [2.45, 2.75) is 32.6 Å². The van der Waals surface area contributed by atoms with Gasteiger partial charge in [0.25, 0.3) is 0 Å². The number of carbonyl (C=O) groups excluding carboxylic acids is 2. The van der Waals surface area contributed by atoms with E-state index in [0.29, 0.717) is 32.0 Å². The molecule has 1 aliphatic carbocycles. The van der Waals surface area contributed by atoms with Crippen LogP contribution in [-0.2, 0) is 17.6 Å². The first kappa shape index (κ1) is 15.7. The number of likely N-dealkylation sites (tertiary alicyclic amines) is 1. The Hall–Kier alpha value is -2.18. The number of primary amides is 1. The summed E-state index contributed by atoms with van der Waals surface area (Å²) in [5, 5.41) is 3.05. The molecule has 3 rings (SSSR count). The van der Waals surface area contributed by atoms with Gasteiger partial charge in [-0.1, -0.05) is 0 Å². The highest BCUT2D eigenvalue weighted by Gasteiger charge is 2.29. The molecule has 0 saturated carbocycles. The first-order valence-corrected chi connectivity index (χ1v) is 8.16. The number of nitrogens with one attached hydrogen (secondary N) is 1. The molecule has 1 aromatic rings. The molecule has 0 radical (unpaired) electrons. The van der Waals surface area contributed by atoms with E-state index in [1.54, 1.807) is 11.2 Å². The van der Waals surface area contributed by atoms with Gasteiger partial charge in [0.05, 0.1) is 0 Å². The molecule has 0 bridgehead atoms. The molecule has 2 heterocycles. The molecule has 0 spiro atoms. The molecule has 1 aromatic heterocycles. The smallest absolute Gasteiger partial charge is 0.314 e. The predicted molar refractivity (Wildman–Crippen MR) is 84.6 cm³/mol. The molecule has 124 valence electrons. The van der Waals surface area contributed by atoms with Gasteiger partial charge in [0.2, 0.25) is 5.91 Å². The molecule has 7 nitrogen and oxygen atoms in total. The highest BCUT2D eigenvalue weighted by atomic mass is 16.2. The van der Waals surface area contributed by atoms with Gasteiger partial charge in [0, 0.05) is 36.9 Å². The predicted octanol–water partition coefficient (Wildman–Crippen LogP) is 0.407. The van der Waals surface area contributed by atoms with Crippen molar-refractivity contribution in [2.24, 2.45) is 17.6 Å². The van der Waals surface area contributed by atoms with Crippen molar-refractivity contribution in [1.82, 2.24) is 20.2 Å². The molecule has 2 atom stereocenters. The zero-order valence-electron chi connectivity index (χ0n) is 13.4. The van der Waals surface area contributed by atoms with Crippen LogP contribution in [0.1, 0.15) is 29.8 Å². The number of urea groups is 1. The first-order chi connectivity index (χ1) is 11.0. The molecule has 23 heavy (non-hydrogen) atoms. The molecule has 0 aromatic carbocycles. The topological polar surface area (TPSA) is 101 Å². The van der Waals surface area contributed by atoms with E-state index in [1.165, 1.54) is 0 Å². The van der Waals surface area contributed by atoms with Crippen LogP contribution in [0.5, 0.6) is 0 Å². The van der Waals surface area contributed by atoms with Gasteiger partial charge in [-0.25, -0.2) is 14.8 Å². The molecular formula is C16H23N5O2. The normalized spacial score (nSPS) is 23.4. The van der Waals surface area contributed by atoms with E-state index in [4.69, 9.17) is 5.73 Å². The fourth-order valence-electron chi connectivity index (χ4n) is 3.50. The van der Waals surface area contributed by atoms with E-state index in [0.717, 1.165) is 36.2 Å². The van der Waals surface area contributed by atoms with Gasteiger partial charge in [-0.05, 0) is 44.1 Å². The molecule has 1 fully saturated rings. The van der Waals surface area contributed by atoms with E-state index >= 15 is 0 Å². The number of fused-ring (bicyclic) bond motifs is 1. The van der Waals surface area contributed by atoms with Crippen LogP contribution >= 0.6 is 0 Å². The van der Waals surface area contributed by atoms with Gasteiger partial charge in [0.1, 0.15) is 6.33 Å². The van der Waals surface area contributed by atoms with Gasteiger partial charge in [-0.3, -0.25) is 4.79 Å². The van der Waals surface area contributed by atoms with Crippen molar-refractivity contribution in [1.29, 1.82) is 0 Å². The number of aromatic nitrogens is 2. The van der Waals surface area contributed by atoms with Crippen molar-refractivity contribution in [2.75, 3.05) is 19.6 Å². The number of hydrogen-bond donors (Lipinski definition) is 2. The minimum Gasteiger partial charge on any atom is -0.356 e. The lowest BCUT2D eigenvalue weighted by molar-refractivity contribution is -0.125. The summed E-state index contributed by atoms with van der Waals surface area (Å²) >= 11 is 0. The Morgan fingerprint density at radius 3 is 2.96 bits per heavy atom. The monoisotopic (exact) mass is 317 g/mol. The summed E-state index contributed by atoms with van der Waals surface area (Å²) in [5.41, 5.74) is 8.46. The van der Waals surface area contributed by atoms with Crippen LogP contribution < -0.4 is 11.1 Å². The number of nitrogens with zero attached hydrogens (tertiary/aromatic N) is 3. The SMILES string of the molecule is Cc1ncnc2c1CC(C(=O)NCC1CCN(C(N)=O)C1)CC2. The minimum absolute atomic E-state index is 0.0131. The molecular weight excluding hydrogens is 294 g/mol. The molecule has 3 amide bonds. The summed E-state index contributed by atoms with van der Waals surface area (Å²) in [6.45, 7) is 3.90. The van der Waals surface area contributed by atoms with Gasteiger partial charge in [-0.2, -0.15) is 0 Å². The third kappa shape index (κ3) is 3.43. The average Bonchev–Trinajstić information content (AvgIpc) is 3.02.